The summed E-state index contributed by atoms with van der Waals surface area (Å²) < 4.78 is 60.8. The summed E-state index contributed by atoms with van der Waals surface area (Å²) >= 11 is 0. The van der Waals surface area contributed by atoms with Crippen LogP contribution in [0.1, 0.15) is 0 Å². The van der Waals surface area contributed by atoms with E-state index in [1.54, 1.807) is 0 Å². The van der Waals surface area contributed by atoms with Crippen molar-refractivity contribution in [3.8, 4) is 0 Å². The summed E-state index contributed by atoms with van der Waals surface area (Å²) in [4.78, 5) is 24.3. The monoisotopic (exact) mass is 230 g/mol. The molecular weight excluding hydrogens is 228 g/mol. The Kier molecular flexibility index (Phi) is 15.9. The van der Waals surface area contributed by atoms with Crippen molar-refractivity contribution in [2.75, 3.05) is 0 Å². The number of phosphoric acid groups is 1. The van der Waals surface area contributed by atoms with E-state index >= 15 is 0 Å². The Balaban J connectivity index is -0.0000000651. The zero-order valence-corrected chi connectivity index (χ0v) is 7.98. The fourth-order valence-corrected chi connectivity index (χ4v) is 0. The topological polar surface area (TPSA) is 83.4 Å². The van der Waals surface area contributed by atoms with Crippen LogP contribution in [0.15, 0.2) is 0 Å². The van der Waals surface area contributed by atoms with E-state index in [2.05, 4.69) is 0 Å². The minimum absolute atomic E-state index is 0. The molecule has 0 aromatic heterocycles. The molecule has 0 saturated carbocycles. The second-order valence-electron chi connectivity index (χ2n) is 1.31. The predicted octanol–water partition coefficient (Wildman–Crippen LogP) is -6.37. The van der Waals surface area contributed by atoms with Gasteiger partial charge in [-0.25, -0.2) is 8.78 Å². The molecule has 0 aliphatic heterocycles. The Morgan fingerprint density at radius 3 is 1.21 bits per heavy atom. The average Bonchev–Trinajstić information content (AvgIpc) is 1.55. The van der Waals surface area contributed by atoms with Gasteiger partial charge in [0, 0.05) is 0 Å². The van der Waals surface area contributed by atoms with Gasteiger partial charge in [0.2, 0.25) is 0 Å². The maximum Gasteiger partial charge on any atom is 1.00 e. The van der Waals surface area contributed by atoms with Crippen molar-refractivity contribution in [2.45, 2.75) is 12.6 Å². The van der Waals surface area contributed by atoms with Crippen LogP contribution in [0.25, 0.3) is 0 Å². The molecule has 0 saturated heterocycles. The number of rotatable bonds is 0. The summed E-state index contributed by atoms with van der Waals surface area (Å²) in [6, 6.07) is 0. The molecule has 0 radical (unpaired) electrons. The molecule has 12 heteroatoms. The first kappa shape index (κ1) is 24.3. The Bertz CT molecular complexity index is 159. The Morgan fingerprint density at radius 1 is 1.14 bits per heavy atom. The van der Waals surface area contributed by atoms with Gasteiger partial charge in [0.15, 0.2) is 0 Å². The average molecular weight is 230 g/mol. The largest absolute Gasteiger partial charge is 1.00 e. The van der Waals surface area contributed by atoms with Gasteiger partial charge in [-0.1, -0.05) is 0 Å². The van der Waals surface area contributed by atoms with Crippen LogP contribution in [0.4, 0.5) is 22.0 Å². The van der Waals surface area contributed by atoms with Crippen molar-refractivity contribution in [3.05, 3.63) is 0 Å². The Labute approximate surface area is 99.5 Å². The number of halogens is 5. The molecule has 0 aromatic rings. The van der Waals surface area contributed by atoms with Crippen LogP contribution in [0.5, 0.6) is 0 Å². The molecule has 0 spiro atoms. The van der Waals surface area contributed by atoms with E-state index in [1.807, 2.05) is 0 Å². The van der Waals surface area contributed by atoms with Gasteiger partial charge < -0.3 is 19.2 Å². The van der Waals surface area contributed by atoms with Crippen molar-refractivity contribution in [1.29, 1.82) is 0 Å². The van der Waals surface area contributed by atoms with E-state index in [0.717, 1.165) is 0 Å². The standard InChI is InChI=1S/C2HF5.2Li.H3O4P/c3-1(4)2(5,6)7;;;1-5(2,3)4/h1H;;;(H3,1,2,3,4)/q;2*+1;/p-2. The number of hydrogen-bond acceptors (Lipinski definition) is 3. The molecule has 0 aliphatic carbocycles. The third-order valence-corrected chi connectivity index (χ3v) is 0.247. The molecule has 0 amide bonds. The maximum atomic E-state index is 10.4. The van der Waals surface area contributed by atoms with E-state index in [-0.39, 0.29) is 37.7 Å². The van der Waals surface area contributed by atoms with Crippen molar-refractivity contribution in [2.24, 2.45) is 0 Å². The molecule has 4 nitrogen and oxygen atoms in total. The Hall–Kier alpha value is 0.955. The fraction of sp³-hybridized carbons (Fsp3) is 1.00. The van der Waals surface area contributed by atoms with Crippen molar-refractivity contribution >= 4 is 7.82 Å². The summed E-state index contributed by atoms with van der Waals surface area (Å²) in [6.07, 6.45) is -9.53. The molecule has 0 aliphatic rings. The molecule has 14 heavy (non-hydrogen) atoms. The molecule has 0 atom stereocenters. The first-order valence-electron chi connectivity index (χ1n) is 2.04. The minimum Gasteiger partial charge on any atom is -0.790 e. The molecule has 0 rings (SSSR count). The van der Waals surface area contributed by atoms with Crippen LogP contribution in [0, 0.1) is 0 Å². The quantitative estimate of drug-likeness (QED) is 0.255. The Morgan fingerprint density at radius 2 is 1.21 bits per heavy atom. The van der Waals surface area contributed by atoms with Gasteiger partial charge in [0.1, 0.15) is 0 Å². The van der Waals surface area contributed by atoms with Gasteiger partial charge >= 0.3 is 50.3 Å². The smallest absolute Gasteiger partial charge is 0.790 e. The maximum absolute atomic E-state index is 10.4. The molecule has 0 heterocycles. The van der Waals surface area contributed by atoms with Crippen LogP contribution in [0.3, 0.4) is 0 Å². The zero-order valence-electron chi connectivity index (χ0n) is 7.09. The van der Waals surface area contributed by atoms with E-state index in [1.165, 1.54) is 0 Å². The van der Waals surface area contributed by atoms with Crippen LogP contribution >= 0.6 is 7.82 Å². The van der Waals surface area contributed by atoms with E-state index in [9.17, 15) is 22.0 Å². The molecule has 1 N–H and O–H groups in total. The summed E-state index contributed by atoms with van der Waals surface area (Å²) in [7, 11) is -5.14. The first-order chi connectivity index (χ1) is 4.94. The molecule has 0 bridgehead atoms. The zero-order chi connectivity index (χ0) is 10.6. The number of alkyl halides is 5. The second-order valence-corrected chi connectivity index (χ2v) is 2.25. The van der Waals surface area contributed by atoms with Gasteiger partial charge in [0.25, 0.3) is 0 Å². The number of hydrogen-bond donors (Lipinski definition) is 1. The van der Waals surface area contributed by atoms with Gasteiger partial charge in [-0.2, -0.15) is 13.2 Å². The van der Waals surface area contributed by atoms with Crippen molar-refractivity contribution in [1.82, 2.24) is 0 Å². The second kappa shape index (κ2) is 9.20. The van der Waals surface area contributed by atoms with Crippen LogP contribution in [0.2, 0.25) is 0 Å². The molecule has 0 fully saturated rings. The summed E-state index contributed by atoms with van der Waals surface area (Å²) in [5.41, 5.74) is 0. The SMILES string of the molecule is FC(F)C(F)(F)F.O=P([O-])([O-])O.[Li+].[Li+]. The van der Waals surface area contributed by atoms with Crippen LogP contribution < -0.4 is 47.5 Å². The summed E-state index contributed by atoms with van der Waals surface area (Å²) in [5.74, 6) is 0. The predicted molar refractivity (Wildman–Crippen MR) is 21.9 cm³/mol. The molecule has 0 unspecified atom stereocenters. The third-order valence-electron chi connectivity index (χ3n) is 0.247. The molecule has 76 valence electrons. The van der Waals surface area contributed by atoms with E-state index in [0.29, 0.717) is 0 Å². The van der Waals surface area contributed by atoms with Gasteiger partial charge in [0.05, 0.1) is 7.82 Å². The molecule has 0 aromatic carbocycles. The first-order valence-corrected chi connectivity index (χ1v) is 3.54. The van der Waals surface area contributed by atoms with Crippen LogP contribution in [-0.4, -0.2) is 17.5 Å². The van der Waals surface area contributed by atoms with Crippen molar-refractivity contribution in [3.63, 3.8) is 0 Å². The van der Waals surface area contributed by atoms with E-state index < -0.39 is 20.4 Å². The third kappa shape index (κ3) is 38.3. The minimum atomic E-state index is -5.33. The van der Waals surface area contributed by atoms with Gasteiger partial charge in [-0.3, -0.25) is 0 Å². The van der Waals surface area contributed by atoms with Gasteiger partial charge in [-0.05, 0) is 0 Å². The van der Waals surface area contributed by atoms with Crippen LogP contribution in [-0.2, 0) is 4.57 Å². The fourth-order valence-electron chi connectivity index (χ4n) is 0. The van der Waals surface area contributed by atoms with E-state index in [4.69, 9.17) is 19.2 Å². The summed E-state index contributed by atoms with van der Waals surface area (Å²) in [6.45, 7) is 0. The normalized spacial score (nSPS) is 10.6. The van der Waals surface area contributed by atoms with Crippen molar-refractivity contribution < 1.29 is 78.9 Å². The summed E-state index contributed by atoms with van der Waals surface area (Å²) in [5, 5.41) is 0. The molecular formula is C2H2F5Li2O4P. The van der Waals surface area contributed by atoms with Gasteiger partial charge in [-0.15, -0.1) is 0 Å².